The van der Waals surface area contributed by atoms with Crippen LogP contribution in [-0.4, -0.2) is 35.0 Å². The molecule has 4 atom stereocenters. The van der Waals surface area contributed by atoms with Crippen molar-refractivity contribution in [1.29, 1.82) is 0 Å². The second-order valence-electron chi connectivity index (χ2n) is 7.41. The first-order valence-corrected chi connectivity index (χ1v) is 9.09. The van der Waals surface area contributed by atoms with Crippen LogP contribution in [0.4, 0.5) is 0 Å². The van der Waals surface area contributed by atoms with Crippen molar-refractivity contribution in [3.63, 3.8) is 0 Å². The lowest BCUT2D eigenvalue weighted by Gasteiger charge is -2.31. The summed E-state index contributed by atoms with van der Waals surface area (Å²) in [5.41, 5.74) is 1.10. The van der Waals surface area contributed by atoms with Crippen LogP contribution < -0.4 is 5.11 Å². The molecular formula is C22H18NO4-. The SMILES string of the molecule is O=C([O-])[C@@H]1[C@H]2C(=O)N(C(c3ccccc3)c3ccccc3)C[C@]23C=C[C@H]1O3. The molecule has 27 heavy (non-hydrogen) atoms. The zero-order valence-electron chi connectivity index (χ0n) is 14.5. The van der Waals surface area contributed by atoms with Crippen molar-refractivity contribution >= 4 is 11.9 Å². The standard InChI is InChI=1S/C22H19NO4/c24-20-18-17(21(25)26)16-11-12-22(18,27-16)13-23(20)19(14-7-3-1-4-8-14)15-9-5-2-6-10-15/h1-12,16-19H,13H2,(H,25,26)/p-1/t16-,17+,18+,22-/m1/s1. The van der Waals surface area contributed by atoms with E-state index in [4.69, 9.17) is 4.74 Å². The van der Waals surface area contributed by atoms with Gasteiger partial charge in [-0.15, -0.1) is 0 Å². The summed E-state index contributed by atoms with van der Waals surface area (Å²) in [5, 5.41) is 11.7. The summed E-state index contributed by atoms with van der Waals surface area (Å²) in [7, 11) is 0. The minimum absolute atomic E-state index is 0.186. The van der Waals surface area contributed by atoms with Gasteiger partial charge in [-0.2, -0.15) is 0 Å². The summed E-state index contributed by atoms with van der Waals surface area (Å²) in [5.74, 6) is -3.07. The van der Waals surface area contributed by atoms with Crippen LogP contribution in [0.5, 0.6) is 0 Å². The lowest BCUT2D eigenvalue weighted by Crippen LogP contribution is -2.45. The number of ether oxygens (including phenoxy) is 1. The molecule has 2 fully saturated rings. The molecule has 136 valence electrons. The van der Waals surface area contributed by atoms with Crippen LogP contribution in [0.15, 0.2) is 72.8 Å². The minimum atomic E-state index is -1.22. The maximum atomic E-state index is 13.4. The van der Waals surface area contributed by atoms with Gasteiger partial charge in [-0.25, -0.2) is 0 Å². The quantitative estimate of drug-likeness (QED) is 0.771. The molecule has 0 aromatic heterocycles. The molecule has 5 rings (SSSR count). The van der Waals surface area contributed by atoms with E-state index in [1.54, 1.807) is 11.0 Å². The molecule has 1 spiro atoms. The Bertz CT molecular complexity index is 886. The lowest BCUT2D eigenvalue weighted by molar-refractivity contribution is -0.313. The third kappa shape index (κ3) is 2.28. The van der Waals surface area contributed by atoms with E-state index in [0.29, 0.717) is 6.54 Å². The van der Waals surface area contributed by atoms with E-state index >= 15 is 0 Å². The minimum Gasteiger partial charge on any atom is -0.550 e. The van der Waals surface area contributed by atoms with E-state index in [-0.39, 0.29) is 11.9 Å². The summed E-state index contributed by atoms with van der Waals surface area (Å²) in [6.45, 7) is 0.335. The van der Waals surface area contributed by atoms with Gasteiger partial charge in [0.1, 0.15) is 5.60 Å². The fourth-order valence-corrected chi connectivity index (χ4v) is 4.84. The number of benzene rings is 2. The Labute approximate surface area is 156 Å². The smallest absolute Gasteiger partial charge is 0.230 e. The molecule has 1 amide bonds. The van der Waals surface area contributed by atoms with Gasteiger partial charge in [-0.3, -0.25) is 4.79 Å². The van der Waals surface area contributed by atoms with Crippen molar-refractivity contribution in [2.45, 2.75) is 17.7 Å². The number of carboxylic acid groups (broad SMARTS) is 1. The van der Waals surface area contributed by atoms with Crippen LogP contribution in [0.2, 0.25) is 0 Å². The summed E-state index contributed by atoms with van der Waals surface area (Å²) < 4.78 is 5.99. The zero-order valence-corrected chi connectivity index (χ0v) is 14.5. The fourth-order valence-electron chi connectivity index (χ4n) is 4.84. The number of hydrogen-bond acceptors (Lipinski definition) is 4. The highest BCUT2D eigenvalue weighted by Gasteiger charge is 2.66. The number of carbonyl (C=O) groups is 2. The van der Waals surface area contributed by atoms with Crippen molar-refractivity contribution in [2.24, 2.45) is 11.8 Å². The van der Waals surface area contributed by atoms with Crippen molar-refractivity contribution < 1.29 is 19.4 Å². The predicted molar refractivity (Wildman–Crippen MR) is 95.2 cm³/mol. The molecule has 5 nitrogen and oxygen atoms in total. The number of nitrogens with zero attached hydrogens (tertiary/aromatic N) is 1. The van der Waals surface area contributed by atoms with Gasteiger partial charge in [0.05, 0.1) is 24.6 Å². The third-order valence-corrected chi connectivity index (χ3v) is 5.94. The van der Waals surface area contributed by atoms with E-state index in [9.17, 15) is 14.7 Å². The molecule has 0 unspecified atom stereocenters. The summed E-state index contributed by atoms with van der Waals surface area (Å²) in [6.07, 6.45) is 3.05. The molecule has 3 aliphatic heterocycles. The van der Waals surface area contributed by atoms with E-state index in [1.165, 1.54) is 0 Å². The van der Waals surface area contributed by atoms with Gasteiger partial charge in [-0.05, 0) is 11.1 Å². The Morgan fingerprint density at radius 3 is 2.22 bits per heavy atom. The second kappa shape index (κ2) is 5.79. The van der Waals surface area contributed by atoms with Gasteiger partial charge < -0.3 is 19.5 Å². The number of hydrogen-bond donors (Lipinski definition) is 0. The summed E-state index contributed by atoms with van der Waals surface area (Å²) in [6, 6.07) is 19.3. The van der Waals surface area contributed by atoms with Crippen molar-refractivity contribution in [3.05, 3.63) is 83.9 Å². The average Bonchev–Trinajstić information content (AvgIpc) is 3.32. The van der Waals surface area contributed by atoms with Crippen LogP contribution in [-0.2, 0) is 14.3 Å². The van der Waals surface area contributed by atoms with Gasteiger partial charge in [0.15, 0.2) is 0 Å². The lowest BCUT2D eigenvalue weighted by atomic mass is 9.77. The maximum absolute atomic E-state index is 13.4. The number of likely N-dealkylation sites (tertiary alicyclic amines) is 1. The number of carbonyl (C=O) groups excluding carboxylic acids is 2. The first kappa shape index (κ1) is 16.3. The number of aliphatic carboxylic acids is 1. The molecule has 2 saturated heterocycles. The number of rotatable bonds is 4. The molecule has 2 aromatic carbocycles. The van der Waals surface area contributed by atoms with E-state index in [1.807, 2.05) is 66.7 Å². The number of amides is 1. The fraction of sp³-hybridized carbons (Fsp3) is 0.273. The van der Waals surface area contributed by atoms with Gasteiger partial charge >= 0.3 is 0 Å². The molecule has 0 N–H and O–H groups in total. The van der Waals surface area contributed by atoms with E-state index < -0.39 is 29.5 Å². The second-order valence-corrected chi connectivity index (χ2v) is 7.41. The van der Waals surface area contributed by atoms with Gasteiger partial charge in [0.2, 0.25) is 5.91 Å². The summed E-state index contributed by atoms with van der Waals surface area (Å²) in [4.78, 5) is 26.9. The third-order valence-electron chi connectivity index (χ3n) is 5.94. The number of carboxylic acids is 1. The maximum Gasteiger partial charge on any atom is 0.230 e. The molecule has 0 saturated carbocycles. The van der Waals surface area contributed by atoms with E-state index in [2.05, 4.69) is 0 Å². The van der Waals surface area contributed by atoms with Gasteiger partial charge in [-0.1, -0.05) is 72.8 Å². The molecule has 2 aromatic rings. The van der Waals surface area contributed by atoms with Crippen molar-refractivity contribution in [1.82, 2.24) is 4.90 Å². The van der Waals surface area contributed by atoms with Crippen LogP contribution in [0.25, 0.3) is 0 Å². The van der Waals surface area contributed by atoms with Gasteiger partial charge in [0.25, 0.3) is 0 Å². The Balaban J connectivity index is 1.59. The van der Waals surface area contributed by atoms with Crippen LogP contribution in [0.1, 0.15) is 17.2 Å². The van der Waals surface area contributed by atoms with Crippen LogP contribution in [0, 0.1) is 11.8 Å². The Morgan fingerprint density at radius 2 is 1.67 bits per heavy atom. The first-order valence-electron chi connectivity index (χ1n) is 9.09. The predicted octanol–water partition coefficient (Wildman–Crippen LogP) is 1.31. The Hall–Kier alpha value is -2.92. The highest BCUT2D eigenvalue weighted by Crippen LogP contribution is 2.53. The molecule has 5 heteroatoms. The van der Waals surface area contributed by atoms with Crippen molar-refractivity contribution in [2.75, 3.05) is 6.54 Å². The highest BCUT2D eigenvalue weighted by atomic mass is 16.5. The first-order chi connectivity index (χ1) is 13.1. The highest BCUT2D eigenvalue weighted by molar-refractivity contribution is 5.90. The average molecular weight is 360 g/mol. The van der Waals surface area contributed by atoms with Crippen LogP contribution >= 0.6 is 0 Å². The Kier molecular flexibility index (Phi) is 3.49. The normalized spacial score (nSPS) is 30.9. The van der Waals surface area contributed by atoms with E-state index in [0.717, 1.165) is 11.1 Å². The molecule has 3 heterocycles. The Morgan fingerprint density at radius 1 is 1.07 bits per heavy atom. The largest absolute Gasteiger partial charge is 0.550 e. The molecule has 0 aliphatic carbocycles. The van der Waals surface area contributed by atoms with Gasteiger partial charge in [0, 0.05) is 11.9 Å². The molecule has 0 radical (unpaired) electrons. The summed E-state index contributed by atoms with van der Waals surface area (Å²) >= 11 is 0. The van der Waals surface area contributed by atoms with Crippen LogP contribution in [0.3, 0.4) is 0 Å². The monoisotopic (exact) mass is 360 g/mol. The number of fused-ring (bicyclic) bond motifs is 1. The van der Waals surface area contributed by atoms with Crippen molar-refractivity contribution in [3.8, 4) is 0 Å². The topological polar surface area (TPSA) is 69.7 Å². The molecule has 3 aliphatic rings. The molecule has 2 bridgehead atoms. The zero-order chi connectivity index (χ0) is 18.6. The molecular weight excluding hydrogens is 342 g/mol.